The Bertz CT molecular complexity index is 575. The Labute approximate surface area is 115 Å². The fraction of sp³-hybridized carbons (Fsp3) is 0.214. The van der Waals surface area contributed by atoms with E-state index < -0.39 is 0 Å². The Morgan fingerprint density at radius 1 is 1.39 bits per heavy atom. The summed E-state index contributed by atoms with van der Waals surface area (Å²) < 4.78 is 5.22. The second kappa shape index (κ2) is 5.55. The number of ether oxygens (including phenoxy) is 1. The van der Waals surface area contributed by atoms with E-state index in [2.05, 4.69) is 0 Å². The Balaban J connectivity index is 2.29. The summed E-state index contributed by atoms with van der Waals surface area (Å²) in [4.78, 5) is 13.2. The molecule has 0 aliphatic rings. The fourth-order valence-electron chi connectivity index (χ4n) is 1.73. The Kier molecular flexibility index (Phi) is 4.04. The minimum absolute atomic E-state index is 0.0277. The third kappa shape index (κ3) is 2.74. The van der Waals surface area contributed by atoms with Gasteiger partial charge in [0.25, 0.3) is 0 Å². The number of hydrogen-bond acceptors (Lipinski definition) is 3. The molecular weight excluding hydrogens is 268 g/mol. The normalized spacial score (nSPS) is 10.4. The van der Waals surface area contributed by atoms with Gasteiger partial charge in [0.1, 0.15) is 5.75 Å². The molecule has 1 heterocycles. The van der Waals surface area contributed by atoms with Crippen molar-refractivity contribution in [3.05, 3.63) is 50.7 Å². The molecule has 0 atom stereocenters. The molecule has 0 saturated carbocycles. The van der Waals surface area contributed by atoms with Crippen molar-refractivity contribution in [1.29, 1.82) is 0 Å². The molecule has 2 rings (SSSR count). The van der Waals surface area contributed by atoms with E-state index in [0.29, 0.717) is 22.8 Å². The van der Waals surface area contributed by atoms with Crippen LogP contribution in [0.4, 0.5) is 0 Å². The first-order chi connectivity index (χ1) is 8.61. The van der Waals surface area contributed by atoms with Crippen LogP contribution in [0.25, 0.3) is 0 Å². The maximum absolute atomic E-state index is 12.3. The van der Waals surface area contributed by atoms with Gasteiger partial charge in [0, 0.05) is 11.3 Å². The first kappa shape index (κ1) is 13.1. The summed E-state index contributed by atoms with van der Waals surface area (Å²) in [5.41, 5.74) is 1.65. The maximum Gasteiger partial charge on any atom is 0.171 e. The molecule has 0 spiro atoms. The van der Waals surface area contributed by atoms with E-state index in [1.165, 1.54) is 11.3 Å². The van der Waals surface area contributed by atoms with Crippen LogP contribution in [0, 0.1) is 6.92 Å². The Hall–Kier alpha value is -1.32. The van der Waals surface area contributed by atoms with E-state index in [-0.39, 0.29) is 5.78 Å². The minimum Gasteiger partial charge on any atom is -0.496 e. The van der Waals surface area contributed by atoms with Crippen molar-refractivity contribution in [2.24, 2.45) is 0 Å². The molecule has 0 radical (unpaired) electrons. The van der Waals surface area contributed by atoms with Crippen LogP contribution in [0.15, 0.2) is 29.6 Å². The van der Waals surface area contributed by atoms with Gasteiger partial charge in [-0.25, -0.2) is 0 Å². The summed E-state index contributed by atoms with van der Waals surface area (Å²) in [7, 11) is 1.57. The predicted molar refractivity (Wildman–Crippen MR) is 75.1 cm³/mol. The number of thiophene rings is 1. The first-order valence-corrected chi connectivity index (χ1v) is 6.77. The van der Waals surface area contributed by atoms with Crippen molar-refractivity contribution in [3.8, 4) is 5.75 Å². The molecular formula is C14H13ClO2S. The van der Waals surface area contributed by atoms with Crippen LogP contribution in [0.3, 0.4) is 0 Å². The number of carbonyl (C=O) groups is 1. The molecule has 0 unspecified atom stereocenters. The highest BCUT2D eigenvalue weighted by Gasteiger charge is 2.15. The van der Waals surface area contributed by atoms with Crippen LogP contribution >= 0.6 is 22.9 Å². The zero-order valence-corrected chi connectivity index (χ0v) is 11.8. The number of Topliss-reactive ketones (excluding diaryl/α,β-unsaturated/α-hetero) is 1. The summed E-state index contributed by atoms with van der Waals surface area (Å²) in [5.74, 6) is 0.637. The van der Waals surface area contributed by atoms with E-state index in [0.717, 1.165) is 10.4 Å². The number of aryl methyl sites for hydroxylation is 1. The van der Waals surface area contributed by atoms with Gasteiger partial charge in [0.2, 0.25) is 0 Å². The SMILES string of the molecule is COc1ccc(C)cc1C(=O)Cc1sccc1Cl. The molecule has 1 aromatic carbocycles. The monoisotopic (exact) mass is 280 g/mol. The van der Waals surface area contributed by atoms with Gasteiger partial charge in [-0.2, -0.15) is 0 Å². The molecule has 2 nitrogen and oxygen atoms in total. The van der Waals surface area contributed by atoms with E-state index >= 15 is 0 Å². The van der Waals surface area contributed by atoms with Crippen LogP contribution in [0.2, 0.25) is 5.02 Å². The zero-order chi connectivity index (χ0) is 13.1. The van der Waals surface area contributed by atoms with Crippen molar-refractivity contribution in [2.75, 3.05) is 7.11 Å². The minimum atomic E-state index is 0.0277. The standard InChI is InChI=1S/C14H13ClO2S/c1-9-3-4-13(17-2)10(7-9)12(16)8-14-11(15)5-6-18-14/h3-7H,8H2,1-2H3. The molecule has 4 heteroatoms. The Morgan fingerprint density at radius 3 is 2.78 bits per heavy atom. The van der Waals surface area contributed by atoms with Gasteiger partial charge in [-0.15, -0.1) is 11.3 Å². The number of rotatable bonds is 4. The summed E-state index contributed by atoms with van der Waals surface area (Å²) in [6.45, 7) is 1.95. The van der Waals surface area contributed by atoms with Gasteiger partial charge in [-0.3, -0.25) is 4.79 Å². The molecule has 2 aromatic rings. The summed E-state index contributed by atoms with van der Waals surface area (Å²) in [6, 6.07) is 7.40. The van der Waals surface area contributed by atoms with E-state index in [4.69, 9.17) is 16.3 Å². The van der Waals surface area contributed by atoms with Crippen LogP contribution in [0.1, 0.15) is 20.8 Å². The number of ketones is 1. The number of methoxy groups -OCH3 is 1. The molecule has 0 bridgehead atoms. The second-order valence-corrected chi connectivity index (χ2v) is 5.40. The molecule has 0 N–H and O–H groups in total. The first-order valence-electron chi connectivity index (χ1n) is 5.51. The topological polar surface area (TPSA) is 26.3 Å². The van der Waals surface area contributed by atoms with Crippen molar-refractivity contribution >= 4 is 28.7 Å². The van der Waals surface area contributed by atoms with Gasteiger partial charge < -0.3 is 4.74 Å². The lowest BCUT2D eigenvalue weighted by atomic mass is 10.0. The third-order valence-electron chi connectivity index (χ3n) is 2.67. The van der Waals surface area contributed by atoms with E-state index in [9.17, 15) is 4.79 Å². The number of halogens is 1. The number of carbonyl (C=O) groups excluding carboxylic acids is 1. The van der Waals surface area contributed by atoms with Crippen molar-refractivity contribution in [3.63, 3.8) is 0 Å². The van der Waals surface area contributed by atoms with Crippen molar-refractivity contribution in [1.82, 2.24) is 0 Å². The van der Waals surface area contributed by atoms with Gasteiger partial charge in [0.15, 0.2) is 5.78 Å². The lowest BCUT2D eigenvalue weighted by Crippen LogP contribution is -2.05. The number of hydrogen-bond donors (Lipinski definition) is 0. The summed E-state index contributed by atoms with van der Waals surface area (Å²) in [5, 5.41) is 2.54. The highest BCUT2D eigenvalue weighted by Crippen LogP contribution is 2.26. The highest BCUT2D eigenvalue weighted by molar-refractivity contribution is 7.10. The lowest BCUT2D eigenvalue weighted by molar-refractivity contribution is 0.0991. The molecule has 0 aliphatic carbocycles. The predicted octanol–water partition coefficient (Wildman–Crippen LogP) is 4.14. The third-order valence-corrected chi connectivity index (χ3v) is 4.05. The van der Waals surface area contributed by atoms with Crippen LogP contribution < -0.4 is 4.74 Å². The van der Waals surface area contributed by atoms with E-state index in [1.807, 2.05) is 36.6 Å². The molecule has 18 heavy (non-hydrogen) atoms. The number of benzene rings is 1. The molecule has 0 saturated heterocycles. The van der Waals surface area contributed by atoms with Crippen LogP contribution in [-0.2, 0) is 6.42 Å². The molecule has 1 aromatic heterocycles. The smallest absolute Gasteiger partial charge is 0.171 e. The summed E-state index contributed by atoms with van der Waals surface area (Å²) >= 11 is 7.50. The fourth-order valence-corrected chi connectivity index (χ4v) is 2.83. The molecule has 0 fully saturated rings. The highest BCUT2D eigenvalue weighted by atomic mass is 35.5. The molecule has 0 amide bonds. The zero-order valence-electron chi connectivity index (χ0n) is 10.2. The van der Waals surface area contributed by atoms with Gasteiger partial charge in [-0.05, 0) is 30.5 Å². The molecule has 0 aliphatic heterocycles. The average Bonchev–Trinajstić information content (AvgIpc) is 2.75. The van der Waals surface area contributed by atoms with Crippen LogP contribution in [0.5, 0.6) is 5.75 Å². The second-order valence-electron chi connectivity index (χ2n) is 4.00. The maximum atomic E-state index is 12.3. The van der Waals surface area contributed by atoms with Gasteiger partial charge in [-0.1, -0.05) is 23.2 Å². The van der Waals surface area contributed by atoms with Crippen molar-refractivity contribution in [2.45, 2.75) is 13.3 Å². The Morgan fingerprint density at radius 2 is 2.17 bits per heavy atom. The lowest BCUT2D eigenvalue weighted by Gasteiger charge is -2.08. The van der Waals surface area contributed by atoms with Gasteiger partial charge >= 0.3 is 0 Å². The van der Waals surface area contributed by atoms with E-state index in [1.54, 1.807) is 7.11 Å². The quantitative estimate of drug-likeness (QED) is 0.787. The average molecular weight is 281 g/mol. The van der Waals surface area contributed by atoms with Gasteiger partial charge in [0.05, 0.1) is 17.7 Å². The summed E-state index contributed by atoms with van der Waals surface area (Å²) in [6.07, 6.45) is 0.316. The van der Waals surface area contributed by atoms with Crippen LogP contribution in [-0.4, -0.2) is 12.9 Å². The van der Waals surface area contributed by atoms with Crippen molar-refractivity contribution < 1.29 is 9.53 Å². The molecule has 94 valence electrons. The largest absolute Gasteiger partial charge is 0.496 e.